The average molecular weight is 429 g/mol. The third-order valence-corrected chi connectivity index (χ3v) is 4.89. The molecule has 0 aromatic heterocycles. The SMILES string of the molecule is COc1cc(CNc2cccc(Cl)c2C)ccc1OCC(=O)Nc1ccccc1F. The van der Waals surface area contributed by atoms with Crippen molar-refractivity contribution in [3.05, 3.63) is 82.6 Å². The number of ether oxygens (including phenoxy) is 2. The van der Waals surface area contributed by atoms with Crippen LogP contribution in [0.4, 0.5) is 15.8 Å². The second-order valence-electron chi connectivity index (χ2n) is 6.57. The lowest BCUT2D eigenvalue weighted by atomic mass is 10.1. The van der Waals surface area contributed by atoms with Crippen LogP contribution in [0.3, 0.4) is 0 Å². The highest BCUT2D eigenvalue weighted by molar-refractivity contribution is 6.31. The molecule has 2 N–H and O–H groups in total. The van der Waals surface area contributed by atoms with Crippen molar-refractivity contribution in [3.63, 3.8) is 0 Å². The molecule has 7 heteroatoms. The molecule has 3 aromatic carbocycles. The van der Waals surface area contributed by atoms with Gasteiger partial charge in [0.25, 0.3) is 5.91 Å². The van der Waals surface area contributed by atoms with Gasteiger partial charge in [-0.25, -0.2) is 4.39 Å². The Morgan fingerprint density at radius 3 is 2.57 bits per heavy atom. The van der Waals surface area contributed by atoms with E-state index >= 15 is 0 Å². The maximum absolute atomic E-state index is 13.6. The Balaban J connectivity index is 1.60. The maximum Gasteiger partial charge on any atom is 0.262 e. The summed E-state index contributed by atoms with van der Waals surface area (Å²) in [5.41, 5.74) is 3.00. The summed E-state index contributed by atoms with van der Waals surface area (Å²) in [6.45, 7) is 2.24. The predicted molar refractivity (Wildman–Crippen MR) is 117 cm³/mol. The largest absolute Gasteiger partial charge is 0.493 e. The first kappa shape index (κ1) is 21.5. The Labute approximate surface area is 179 Å². The number of nitrogens with one attached hydrogen (secondary N) is 2. The first-order valence-corrected chi connectivity index (χ1v) is 9.69. The molecular weight excluding hydrogens is 407 g/mol. The molecule has 0 aliphatic carbocycles. The summed E-state index contributed by atoms with van der Waals surface area (Å²) >= 11 is 6.15. The number of anilines is 2. The van der Waals surface area contributed by atoms with Gasteiger partial charge in [0.15, 0.2) is 18.1 Å². The Hall–Kier alpha value is -3.25. The molecule has 1 amide bonds. The summed E-state index contributed by atoms with van der Waals surface area (Å²) in [5.74, 6) is -0.0563. The molecule has 0 spiro atoms. The Morgan fingerprint density at radius 2 is 1.80 bits per heavy atom. The molecule has 30 heavy (non-hydrogen) atoms. The molecule has 3 rings (SSSR count). The highest BCUT2D eigenvalue weighted by Crippen LogP contribution is 2.29. The normalized spacial score (nSPS) is 10.4. The fourth-order valence-electron chi connectivity index (χ4n) is 2.83. The number of methoxy groups -OCH3 is 1. The van der Waals surface area contributed by atoms with Gasteiger partial charge in [-0.1, -0.05) is 35.9 Å². The summed E-state index contributed by atoms with van der Waals surface area (Å²) in [5, 5.41) is 6.52. The van der Waals surface area contributed by atoms with E-state index in [0.29, 0.717) is 23.1 Å². The molecule has 3 aromatic rings. The Morgan fingerprint density at radius 1 is 1.03 bits per heavy atom. The van der Waals surface area contributed by atoms with Gasteiger partial charge in [-0.3, -0.25) is 4.79 Å². The van der Waals surface area contributed by atoms with E-state index in [0.717, 1.165) is 16.8 Å². The molecular formula is C23H22ClFN2O3. The van der Waals surface area contributed by atoms with Gasteiger partial charge in [-0.2, -0.15) is 0 Å². The summed E-state index contributed by atoms with van der Waals surface area (Å²) in [6, 6.07) is 17.1. The first-order valence-electron chi connectivity index (χ1n) is 9.31. The number of benzene rings is 3. The van der Waals surface area contributed by atoms with Gasteiger partial charge >= 0.3 is 0 Å². The van der Waals surface area contributed by atoms with Crippen LogP contribution < -0.4 is 20.1 Å². The van der Waals surface area contributed by atoms with E-state index in [-0.39, 0.29) is 12.3 Å². The van der Waals surface area contributed by atoms with Crippen LogP contribution in [0.15, 0.2) is 60.7 Å². The van der Waals surface area contributed by atoms with E-state index in [1.165, 1.54) is 19.2 Å². The molecule has 0 bridgehead atoms. The molecule has 0 saturated heterocycles. The van der Waals surface area contributed by atoms with Crippen molar-refractivity contribution in [3.8, 4) is 11.5 Å². The van der Waals surface area contributed by atoms with Gasteiger partial charge in [0.1, 0.15) is 5.82 Å². The average Bonchev–Trinajstić information content (AvgIpc) is 2.75. The highest BCUT2D eigenvalue weighted by atomic mass is 35.5. The van der Waals surface area contributed by atoms with E-state index < -0.39 is 11.7 Å². The van der Waals surface area contributed by atoms with Crippen molar-refractivity contribution in [2.24, 2.45) is 0 Å². The fraction of sp³-hybridized carbons (Fsp3) is 0.174. The number of hydrogen-bond donors (Lipinski definition) is 2. The van der Waals surface area contributed by atoms with Gasteiger partial charge in [-0.05, 0) is 54.4 Å². The van der Waals surface area contributed by atoms with Crippen LogP contribution in [0.1, 0.15) is 11.1 Å². The second kappa shape index (κ2) is 9.98. The van der Waals surface area contributed by atoms with Gasteiger partial charge in [0, 0.05) is 17.3 Å². The lowest BCUT2D eigenvalue weighted by Gasteiger charge is -2.14. The monoisotopic (exact) mass is 428 g/mol. The molecule has 156 valence electrons. The summed E-state index contributed by atoms with van der Waals surface area (Å²) < 4.78 is 24.6. The Bertz CT molecular complexity index is 1040. The van der Waals surface area contributed by atoms with Crippen molar-refractivity contribution < 1.29 is 18.7 Å². The molecule has 0 radical (unpaired) electrons. The van der Waals surface area contributed by atoms with Crippen LogP contribution in [0.2, 0.25) is 5.02 Å². The molecule has 0 aliphatic heterocycles. The van der Waals surface area contributed by atoms with Crippen LogP contribution in [0.5, 0.6) is 11.5 Å². The molecule has 0 saturated carbocycles. The third-order valence-electron chi connectivity index (χ3n) is 4.49. The minimum Gasteiger partial charge on any atom is -0.493 e. The number of rotatable bonds is 8. The molecule has 0 heterocycles. The molecule has 0 aliphatic rings. The van der Waals surface area contributed by atoms with Crippen molar-refractivity contribution in [1.82, 2.24) is 0 Å². The van der Waals surface area contributed by atoms with Gasteiger partial charge in [0.05, 0.1) is 12.8 Å². The number of carbonyl (C=O) groups excluding carboxylic acids is 1. The standard InChI is InChI=1S/C23H22ClFN2O3/c1-15-17(24)6-5-9-19(15)26-13-16-10-11-21(22(12-16)29-2)30-14-23(28)27-20-8-4-3-7-18(20)25/h3-12,26H,13-14H2,1-2H3,(H,27,28). The van der Waals surface area contributed by atoms with E-state index in [1.54, 1.807) is 18.2 Å². The highest BCUT2D eigenvalue weighted by Gasteiger charge is 2.11. The van der Waals surface area contributed by atoms with Crippen molar-refractivity contribution >= 4 is 28.9 Å². The summed E-state index contributed by atoms with van der Waals surface area (Å²) in [7, 11) is 1.53. The number of hydrogen-bond acceptors (Lipinski definition) is 4. The number of halogens is 2. The number of amides is 1. The minimum atomic E-state index is -0.504. The van der Waals surface area contributed by atoms with Crippen molar-refractivity contribution in [1.29, 1.82) is 0 Å². The zero-order valence-electron chi connectivity index (χ0n) is 16.7. The fourth-order valence-corrected chi connectivity index (χ4v) is 3.00. The summed E-state index contributed by atoms with van der Waals surface area (Å²) in [4.78, 5) is 12.1. The molecule has 0 fully saturated rings. The number of para-hydroxylation sites is 1. The maximum atomic E-state index is 13.6. The van der Waals surface area contributed by atoms with E-state index in [1.807, 2.05) is 37.3 Å². The van der Waals surface area contributed by atoms with Crippen LogP contribution >= 0.6 is 11.6 Å². The van der Waals surface area contributed by atoms with E-state index in [2.05, 4.69) is 10.6 Å². The molecule has 0 atom stereocenters. The van der Waals surface area contributed by atoms with Gasteiger partial charge in [-0.15, -0.1) is 0 Å². The molecule has 5 nitrogen and oxygen atoms in total. The lowest BCUT2D eigenvalue weighted by molar-refractivity contribution is -0.118. The quantitative estimate of drug-likeness (QED) is 0.502. The third kappa shape index (κ3) is 5.42. The van der Waals surface area contributed by atoms with Crippen LogP contribution in [0.25, 0.3) is 0 Å². The zero-order valence-corrected chi connectivity index (χ0v) is 17.4. The second-order valence-corrected chi connectivity index (χ2v) is 6.98. The van der Waals surface area contributed by atoms with Gasteiger partial charge in [0.2, 0.25) is 0 Å². The van der Waals surface area contributed by atoms with Crippen LogP contribution in [-0.4, -0.2) is 19.6 Å². The minimum absolute atomic E-state index is 0.107. The predicted octanol–water partition coefficient (Wildman–Crippen LogP) is 5.43. The smallest absolute Gasteiger partial charge is 0.262 e. The topological polar surface area (TPSA) is 59.6 Å². The van der Waals surface area contributed by atoms with Crippen LogP contribution in [-0.2, 0) is 11.3 Å². The number of carbonyl (C=O) groups is 1. The lowest BCUT2D eigenvalue weighted by Crippen LogP contribution is -2.21. The first-order chi connectivity index (χ1) is 14.5. The summed E-state index contributed by atoms with van der Waals surface area (Å²) in [6.07, 6.45) is 0. The van der Waals surface area contributed by atoms with Crippen molar-refractivity contribution in [2.75, 3.05) is 24.4 Å². The molecule has 0 unspecified atom stereocenters. The van der Waals surface area contributed by atoms with E-state index in [9.17, 15) is 9.18 Å². The van der Waals surface area contributed by atoms with Gasteiger partial charge < -0.3 is 20.1 Å². The van der Waals surface area contributed by atoms with Crippen molar-refractivity contribution in [2.45, 2.75) is 13.5 Å². The van der Waals surface area contributed by atoms with E-state index in [4.69, 9.17) is 21.1 Å². The Kier molecular flexibility index (Phi) is 7.14. The zero-order chi connectivity index (χ0) is 21.5. The van der Waals surface area contributed by atoms with Crippen LogP contribution in [0, 0.1) is 12.7 Å².